The Balaban J connectivity index is 2.32. The van der Waals surface area contributed by atoms with E-state index in [4.69, 9.17) is 5.11 Å². The van der Waals surface area contributed by atoms with E-state index in [2.05, 4.69) is 5.43 Å². The number of amides is 1. The zero-order chi connectivity index (χ0) is 13.3. The third kappa shape index (κ3) is 2.36. The second-order valence-corrected chi connectivity index (χ2v) is 4.58. The smallest absolute Gasteiger partial charge is 0.322 e. The first-order chi connectivity index (χ1) is 8.49. The van der Waals surface area contributed by atoms with Gasteiger partial charge in [0.1, 0.15) is 6.04 Å². The summed E-state index contributed by atoms with van der Waals surface area (Å²) < 4.78 is 0. The van der Waals surface area contributed by atoms with Gasteiger partial charge in [-0.15, -0.1) is 0 Å². The lowest BCUT2D eigenvalue weighted by atomic mass is 10.1. The average molecular weight is 248 g/mol. The molecule has 5 heteroatoms. The number of aliphatic carboxylic acids is 1. The van der Waals surface area contributed by atoms with Gasteiger partial charge in [-0.05, 0) is 37.5 Å². The van der Waals surface area contributed by atoms with Crippen molar-refractivity contribution in [1.29, 1.82) is 0 Å². The van der Waals surface area contributed by atoms with Crippen LogP contribution in [0.15, 0.2) is 18.2 Å². The molecule has 2 N–H and O–H groups in total. The van der Waals surface area contributed by atoms with Crippen molar-refractivity contribution < 1.29 is 14.7 Å². The summed E-state index contributed by atoms with van der Waals surface area (Å²) in [5, 5.41) is 10.4. The van der Waals surface area contributed by atoms with Crippen LogP contribution >= 0.6 is 0 Å². The average Bonchev–Trinajstić information content (AvgIpc) is 2.33. The monoisotopic (exact) mass is 248 g/mol. The van der Waals surface area contributed by atoms with Crippen molar-refractivity contribution in [3.8, 4) is 0 Å². The molecule has 0 bridgehead atoms. The molecule has 0 spiro atoms. The number of nitrogens with one attached hydrogen (secondary N) is 1. The molecule has 2 rings (SSSR count). The third-order valence-corrected chi connectivity index (χ3v) is 3.08. The van der Waals surface area contributed by atoms with Crippen LogP contribution in [-0.4, -0.2) is 23.0 Å². The number of benzene rings is 1. The number of carboxylic acids is 1. The molecule has 96 valence electrons. The Morgan fingerprint density at radius 2 is 2.17 bits per heavy atom. The number of carboxylic acid groups (broad SMARTS) is 1. The number of rotatable bonds is 2. The predicted molar refractivity (Wildman–Crippen MR) is 67.2 cm³/mol. The van der Waals surface area contributed by atoms with Crippen LogP contribution in [0.25, 0.3) is 0 Å². The van der Waals surface area contributed by atoms with Gasteiger partial charge in [-0.1, -0.05) is 12.1 Å². The molecule has 0 aromatic heterocycles. The number of hydrazine groups is 1. The van der Waals surface area contributed by atoms with E-state index < -0.39 is 12.0 Å². The molecule has 0 radical (unpaired) electrons. The topological polar surface area (TPSA) is 69.6 Å². The Bertz CT molecular complexity index is 499. The number of aryl methyl sites for hydroxylation is 2. The molecule has 0 aliphatic carbocycles. The van der Waals surface area contributed by atoms with E-state index in [0.717, 1.165) is 16.8 Å². The molecule has 0 unspecified atom stereocenters. The van der Waals surface area contributed by atoms with Crippen molar-refractivity contribution in [3.63, 3.8) is 0 Å². The molecular formula is C13H16N2O3. The summed E-state index contributed by atoms with van der Waals surface area (Å²) in [6, 6.07) is 5.05. The van der Waals surface area contributed by atoms with Crippen molar-refractivity contribution in [2.24, 2.45) is 0 Å². The van der Waals surface area contributed by atoms with Crippen LogP contribution in [-0.2, 0) is 9.59 Å². The zero-order valence-electron chi connectivity index (χ0n) is 10.4. The number of carbonyl (C=O) groups is 2. The predicted octanol–water partition coefficient (Wildman–Crippen LogP) is 1.39. The Labute approximate surface area is 105 Å². The maximum absolute atomic E-state index is 11.9. The van der Waals surface area contributed by atoms with E-state index in [0.29, 0.717) is 6.42 Å². The second-order valence-electron chi connectivity index (χ2n) is 4.58. The number of carbonyl (C=O) groups excluding carboxylic acids is 1. The van der Waals surface area contributed by atoms with Crippen molar-refractivity contribution in [1.82, 2.24) is 5.43 Å². The maximum atomic E-state index is 11.9. The van der Waals surface area contributed by atoms with Crippen molar-refractivity contribution >= 4 is 17.6 Å². The molecule has 1 fully saturated rings. The number of nitrogens with zero attached hydrogens (tertiary/aromatic N) is 1. The quantitative estimate of drug-likeness (QED) is 0.829. The van der Waals surface area contributed by atoms with E-state index in [1.54, 1.807) is 0 Å². The third-order valence-electron chi connectivity index (χ3n) is 3.08. The Hall–Kier alpha value is -1.88. The number of anilines is 1. The van der Waals surface area contributed by atoms with E-state index in [9.17, 15) is 9.59 Å². The minimum atomic E-state index is -0.933. The molecule has 5 nitrogen and oxygen atoms in total. The van der Waals surface area contributed by atoms with Crippen LogP contribution in [0.1, 0.15) is 24.0 Å². The second kappa shape index (κ2) is 4.78. The van der Waals surface area contributed by atoms with E-state index in [1.165, 1.54) is 5.01 Å². The molecule has 1 aliphatic heterocycles. The summed E-state index contributed by atoms with van der Waals surface area (Å²) in [7, 11) is 0. The molecular weight excluding hydrogens is 232 g/mol. The number of hydrogen-bond donors (Lipinski definition) is 2. The van der Waals surface area contributed by atoms with E-state index >= 15 is 0 Å². The summed E-state index contributed by atoms with van der Waals surface area (Å²) in [6.07, 6.45) is 0.576. The molecule has 1 atom stereocenters. The lowest BCUT2D eigenvalue weighted by molar-refractivity contribution is -0.140. The maximum Gasteiger partial charge on any atom is 0.322 e. The summed E-state index contributed by atoms with van der Waals surface area (Å²) >= 11 is 0. The van der Waals surface area contributed by atoms with E-state index in [-0.39, 0.29) is 12.3 Å². The minimum absolute atomic E-state index is 0.0961. The summed E-state index contributed by atoms with van der Waals surface area (Å²) in [4.78, 5) is 22.9. The summed E-state index contributed by atoms with van der Waals surface area (Å²) in [6.45, 7) is 3.83. The van der Waals surface area contributed by atoms with Crippen LogP contribution in [0.3, 0.4) is 0 Å². The normalized spacial score (nSPS) is 20.0. The summed E-state index contributed by atoms with van der Waals surface area (Å²) in [5.74, 6) is -1.03. The van der Waals surface area contributed by atoms with Crippen molar-refractivity contribution in [2.45, 2.75) is 32.7 Å². The van der Waals surface area contributed by atoms with Gasteiger partial charge in [0, 0.05) is 6.42 Å². The molecule has 1 aromatic carbocycles. The Morgan fingerprint density at radius 3 is 2.83 bits per heavy atom. The first kappa shape index (κ1) is 12.6. The van der Waals surface area contributed by atoms with Gasteiger partial charge in [0.2, 0.25) is 5.91 Å². The lowest BCUT2D eigenvalue weighted by Gasteiger charge is -2.32. The van der Waals surface area contributed by atoms with Crippen LogP contribution in [0, 0.1) is 13.8 Å². The fourth-order valence-corrected chi connectivity index (χ4v) is 2.01. The SMILES string of the molecule is Cc1ccc(C)c(N2N[C@H](C(=O)O)CCC2=O)c1. The van der Waals surface area contributed by atoms with Crippen molar-refractivity contribution in [3.05, 3.63) is 29.3 Å². The zero-order valence-corrected chi connectivity index (χ0v) is 10.4. The van der Waals surface area contributed by atoms with Gasteiger partial charge in [-0.2, -0.15) is 0 Å². The van der Waals surface area contributed by atoms with Crippen LogP contribution in [0.4, 0.5) is 5.69 Å². The largest absolute Gasteiger partial charge is 0.480 e. The van der Waals surface area contributed by atoms with Gasteiger partial charge in [-0.25, -0.2) is 10.4 Å². The highest BCUT2D eigenvalue weighted by Crippen LogP contribution is 2.23. The lowest BCUT2D eigenvalue weighted by Crippen LogP contribution is -2.55. The fourth-order valence-electron chi connectivity index (χ4n) is 2.01. The van der Waals surface area contributed by atoms with E-state index in [1.807, 2.05) is 32.0 Å². The van der Waals surface area contributed by atoms with Crippen LogP contribution < -0.4 is 10.4 Å². The molecule has 1 aromatic rings. The van der Waals surface area contributed by atoms with Gasteiger partial charge in [0.15, 0.2) is 0 Å². The highest BCUT2D eigenvalue weighted by molar-refractivity contribution is 5.95. The Kier molecular flexibility index (Phi) is 3.34. The van der Waals surface area contributed by atoms with Crippen LogP contribution in [0.5, 0.6) is 0 Å². The first-order valence-corrected chi connectivity index (χ1v) is 5.88. The molecule has 0 saturated carbocycles. The van der Waals surface area contributed by atoms with Gasteiger partial charge in [0.25, 0.3) is 0 Å². The highest BCUT2D eigenvalue weighted by atomic mass is 16.4. The van der Waals surface area contributed by atoms with Gasteiger partial charge in [-0.3, -0.25) is 9.59 Å². The summed E-state index contributed by atoms with van der Waals surface area (Å²) in [5.41, 5.74) is 5.47. The van der Waals surface area contributed by atoms with Gasteiger partial charge in [0.05, 0.1) is 5.69 Å². The standard InChI is InChI=1S/C13H16N2O3/c1-8-3-4-9(2)11(7-8)15-12(16)6-5-10(14-15)13(17)18/h3-4,7,10,14H,5-6H2,1-2H3,(H,17,18)/t10-/m0/s1. The highest BCUT2D eigenvalue weighted by Gasteiger charge is 2.30. The fraction of sp³-hybridized carbons (Fsp3) is 0.385. The molecule has 1 heterocycles. The number of hydrogen-bond acceptors (Lipinski definition) is 3. The molecule has 1 saturated heterocycles. The van der Waals surface area contributed by atoms with Crippen LogP contribution in [0.2, 0.25) is 0 Å². The Morgan fingerprint density at radius 1 is 1.44 bits per heavy atom. The molecule has 1 aliphatic rings. The molecule has 18 heavy (non-hydrogen) atoms. The van der Waals surface area contributed by atoms with Gasteiger partial charge >= 0.3 is 5.97 Å². The van der Waals surface area contributed by atoms with Gasteiger partial charge < -0.3 is 5.11 Å². The van der Waals surface area contributed by atoms with Crippen molar-refractivity contribution in [2.75, 3.05) is 5.01 Å². The first-order valence-electron chi connectivity index (χ1n) is 5.88. The minimum Gasteiger partial charge on any atom is -0.480 e. The molecule has 1 amide bonds.